The summed E-state index contributed by atoms with van der Waals surface area (Å²) >= 11 is 0. The van der Waals surface area contributed by atoms with Crippen LogP contribution in [0.4, 0.5) is 0 Å². The zero-order chi connectivity index (χ0) is 23.5. The fraction of sp³-hybridized carbons (Fsp3) is 0.360. The van der Waals surface area contributed by atoms with Gasteiger partial charge in [-0.25, -0.2) is 0 Å². The number of hydrogen-bond acceptors (Lipinski definition) is 7. The van der Waals surface area contributed by atoms with Crippen molar-refractivity contribution in [3.8, 4) is 17.2 Å². The smallest absolute Gasteiger partial charge is 0.295 e. The summed E-state index contributed by atoms with van der Waals surface area (Å²) in [5, 5.41) is 11.3. The Hall–Kier alpha value is -3.52. The number of carbonyl (C=O) groups is 2. The van der Waals surface area contributed by atoms with Crippen molar-refractivity contribution in [3.63, 3.8) is 0 Å². The first-order chi connectivity index (χ1) is 15.9. The number of ether oxygens (including phenoxy) is 3. The average Bonchev–Trinajstić information content (AvgIpc) is 3.07. The monoisotopic (exact) mass is 452 g/mol. The first-order valence-electron chi connectivity index (χ1n) is 11.0. The molecule has 2 aromatic rings. The molecular formula is C25H28N2O6. The van der Waals surface area contributed by atoms with Gasteiger partial charge in [0.15, 0.2) is 11.5 Å². The first kappa shape index (κ1) is 22.7. The molecule has 1 atom stereocenters. The van der Waals surface area contributed by atoms with Crippen LogP contribution in [-0.4, -0.2) is 73.6 Å². The van der Waals surface area contributed by atoms with Gasteiger partial charge in [0.25, 0.3) is 11.7 Å². The average molecular weight is 453 g/mol. The molecule has 2 aromatic carbocycles. The van der Waals surface area contributed by atoms with E-state index in [1.807, 2.05) is 44.1 Å². The highest BCUT2D eigenvalue weighted by Gasteiger charge is 2.47. The number of nitrogens with zero attached hydrogens (tertiary/aromatic N) is 2. The molecule has 1 amide bonds. The van der Waals surface area contributed by atoms with E-state index >= 15 is 0 Å². The predicted molar refractivity (Wildman–Crippen MR) is 123 cm³/mol. The third-order valence-corrected chi connectivity index (χ3v) is 5.66. The number of likely N-dealkylation sites (N-methyl/N-ethyl adjacent to an activating group) is 1. The Morgan fingerprint density at radius 3 is 2.58 bits per heavy atom. The summed E-state index contributed by atoms with van der Waals surface area (Å²) < 4.78 is 17.0. The number of aliphatic hydroxyl groups is 1. The molecule has 1 saturated heterocycles. The number of hydrogen-bond donors (Lipinski definition) is 1. The van der Waals surface area contributed by atoms with Gasteiger partial charge >= 0.3 is 0 Å². The number of likely N-dealkylation sites (tertiary alicyclic amines) is 1. The zero-order valence-corrected chi connectivity index (χ0v) is 19.0. The van der Waals surface area contributed by atoms with Gasteiger partial charge in [-0.2, -0.15) is 0 Å². The van der Waals surface area contributed by atoms with E-state index in [-0.39, 0.29) is 11.3 Å². The van der Waals surface area contributed by atoms with E-state index in [4.69, 9.17) is 14.2 Å². The molecule has 8 heteroatoms. The molecule has 2 heterocycles. The van der Waals surface area contributed by atoms with E-state index in [1.165, 1.54) is 4.90 Å². The second kappa shape index (κ2) is 9.54. The number of Topliss-reactive ketones (excluding diaryl/α,β-unsaturated/α-hetero) is 1. The molecule has 2 aliphatic rings. The molecule has 1 N–H and O–H groups in total. The van der Waals surface area contributed by atoms with Gasteiger partial charge in [-0.15, -0.1) is 0 Å². The molecule has 4 rings (SSSR count). The lowest BCUT2D eigenvalue weighted by atomic mass is 9.94. The fourth-order valence-corrected chi connectivity index (χ4v) is 4.08. The van der Waals surface area contributed by atoms with Crippen LogP contribution in [0, 0.1) is 0 Å². The van der Waals surface area contributed by atoms with Crippen molar-refractivity contribution in [2.45, 2.75) is 13.0 Å². The molecular weight excluding hydrogens is 424 g/mol. The lowest BCUT2D eigenvalue weighted by Gasteiger charge is -2.28. The molecule has 0 spiro atoms. The molecule has 0 bridgehead atoms. The Kier molecular flexibility index (Phi) is 6.55. The van der Waals surface area contributed by atoms with Crippen molar-refractivity contribution >= 4 is 17.4 Å². The SMILES string of the molecule is CCOc1ccccc1C1/C(=C(\O)c2ccc3c(c2)OCCO3)C(=O)C(=O)N1CCN(C)C. The molecule has 0 saturated carbocycles. The van der Waals surface area contributed by atoms with Crippen LogP contribution in [-0.2, 0) is 9.59 Å². The number of amides is 1. The topological polar surface area (TPSA) is 88.5 Å². The number of ketones is 1. The van der Waals surface area contributed by atoms with Gasteiger partial charge in [-0.3, -0.25) is 9.59 Å². The maximum Gasteiger partial charge on any atom is 0.295 e. The summed E-state index contributed by atoms with van der Waals surface area (Å²) in [6.07, 6.45) is 0. The standard InChI is InChI=1S/C25H28N2O6/c1-4-31-18-8-6-5-7-17(18)22-21(24(29)25(30)27(22)12-11-26(2)3)23(28)16-9-10-19-20(15-16)33-14-13-32-19/h5-10,15,22,28H,4,11-14H2,1-3H3/b23-21+. The van der Waals surface area contributed by atoms with Crippen LogP contribution in [0.5, 0.6) is 17.2 Å². The Balaban J connectivity index is 1.85. The van der Waals surface area contributed by atoms with Gasteiger partial charge in [0.05, 0.1) is 18.2 Å². The summed E-state index contributed by atoms with van der Waals surface area (Å²) in [5.41, 5.74) is 1.06. The minimum atomic E-state index is -0.777. The quantitative estimate of drug-likeness (QED) is 0.393. The van der Waals surface area contributed by atoms with Crippen LogP contribution in [0.2, 0.25) is 0 Å². The van der Waals surface area contributed by atoms with Gasteiger partial charge in [0, 0.05) is 24.2 Å². The van der Waals surface area contributed by atoms with Gasteiger partial charge in [0.1, 0.15) is 24.7 Å². The van der Waals surface area contributed by atoms with E-state index in [9.17, 15) is 14.7 Å². The largest absolute Gasteiger partial charge is 0.507 e. The third-order valence-electron chi connectivity index (χ3n) is 5.66. The Labute approximate surface area is 193 Å². The summed E-state index contributed by atoms with van der Waals surface area (Å²) in [5.74, 6) is -0.00521. The van der Waals surface area contributed by atoms with Crippen LogP contribution in [0.3, 0.4) is 0 Å². The Morgan fingerprint density at radius 1 is 1.12 bits per heavy atom. The molecule has 8 nitrogen and oxygen atoms in total. The van der Waals surface area contributed by atoms with Crippen LogP contribution in [0.15, 0.2) is 48.0 Å². The number of fused-ring (bicyclic) bond motifs is 1. The molecule has 1 fully saturated rings. The van der Waals surface area contributed by atoms with Crippen LogP contribution in [0.1, 0.15) is 24.1 Å². The van der Waals surface area contributed by atoms with Crippen molar-refractivity contribution in [2.75, 3.05) is 47.0 Å². The van der Waals surface area contributed by atoms with Crippen LogP contribution >= 0.6 is 0 Å². The van der Waals surface area contributed by atoms with Crippen molar-refractivity contribution in [3.05, 3.63) is 59.2 Å². The predicted octanol–water partition coefficient (Wildman–Crippen LogP) is 2.84. The van der Waals surface area contributed by atoms with E-state index in [0.29, 0.717) is 61.3 Å². The van der Waals surface area contributed by atoms with Gasteiger partial charge < -0.3 is 29.1 Å². The minimum Gasteiger partial charge on any atom is -0.507 e. The van der Waals surface area contributed by atoms with Crippen LogP contribution in [0.25, 0.3) is 5.76 Å². The lowest BCUT2D eigenvalue weighted by molar-refractivity contribution is -0.140. The number of para-hydroxylation sites is 1. The number of rotatable bonds is 7. The molecule has 2 aliphatic heterocycles. The van der Waals surface area contributed by atoms with Gasteiger partial charge in [0.2, 0.25) is 0 Å². The van der Waals surface area contributed by atoms with E-state index in [0.717, 1.165) is 0 Å². The van der Waals surface area contributed by atoms with Crippen molar-refractivity contribution in [1.82, 2.24) is 9.80 Å². The van der Waals surface area contributed by atoms with Crippen molar-refractivity contribution in [2.24, 2.45) is 0 Å². The Bertz CT molecular complexity index is 1090. The molecule has 0 radical (unpaired) electrons. The fourth-order valence-electron chi connectivity index (χ4n) is 4.08. The second-order valence-corrected chi connectivity index (χ2v) is 8.13. The van der Waals surface area contributed by atoms with Crippen LogP contribution < -0.4 is 14.2 Å². The summed E-state index contributed by atoms with van der Waals surface area (Å²) in [6, 6.07) is 11.5. The molecule has 174 valence electrons. The molecule has 0 aliphatic carbocycles. The normalized spacial score (nSPS) is 19.3. The maximum atomic E-state index is 13.2. The highest BCUT2D eigenvalue weighted by Crippen LogP contribution is 2.43. The second-order valence-electron chi connectivity index (χ2n) is 8.13. The summed E-state index contributed by atoms with van der Waals surface area (Å²) in [6.45, 7) is 4.02. The molecule has 0 aromatic heterocycles. The Morgan fingerprint density at radius 2 is 1.85 bits per heavy atom. The highest BCUT2D eigenvalue weighted by molar-refractivity contribution is 6.46. The first-order valence-corrected chi connectivity index (χ1v) is 11.0. The number of carbonyl (C=O) groups excluding carboxylic acids is 2. The van der Waals surface area contributed by atoms with Crippen molar-refractivity contribution in [1.29, 1.82) is 0 Å². The van der Waals surface area contributed by atoms with Gasteiger partial charge in [-0.05, 0) is 45.3 Å². The minimum absolute atomic E-state index is 0.0302. The molecule has 1 unspecified atom stereocenters. The van der Waals surface area contributed by atoms with E-state index < -0.39 is 17.7 Å². The maximum absolute atomic E-state index is 13.2. The number of benzene rings is 2. The summed E-state index contributed by atoms with van der Waals surface area (Å²) in [4.78, 5) is 29.7. The summed E-state index contributed by atoms with van der Waals surface area (Å²) in [7, 11) is 3.80. The third kappa shape index (κ3) is 4.39. The van der Waals surface area contributed by atoms with Gasteiger partial charge in [-0.1, -0.05) is 18.2 Å². The molecule has 33 heavy (non-hydrogen) atoms. The van der Waals surface area contributed by atoms with Crippen molar-refractivity contribution < 1.29 is 28.9 Å². The zero-order valence-electron chi connectivity index (χ0n) is 19.0. The number of aliphatic hydroxyl groups excluding tert-OH is 1. The van der Waals surface area contributed by atoms with E-state index in [2.05, 4.69) is 0 Å². The highest BCUT2D eigenvalue weighted by atomic mass is 16.6. The lowest BCUT2D eigenvalue weighted by Crippen LogP contribution is -2.35. The van der Waals surface area contributed by atoms with E-state index in [1.54, 1.807) is 24.3 Å².